The lowest BCUT2D eigenvalue weighted by Gasteiger charge is -2.07. The van der Waals surface area contributed by atoms with Crippen LogP contribution in [0.2, 0.25) is 0 Å². The van der Waals surface area contributed by atoms with Crippen LogP contribution in [0.4, 0.5) is 4.39 Å². The molecule has 0 bridgehead atoms. The van der Waals surface area contributed by atoms with Gasteiger partial charge in [0.25, 0.3) is 11.8 Å². The summed E-state index contributed by atoms with van der Waals surface area (Å²) in [5.74, 6) is -0.528. The Morgan fingerprint density at radius 2 is 1.72 bits per heavy atom. The Kier molecular flexibility index (Phi) is 3.47. The monoisotopic (exact) mass is 248 g/mol. The number of benzene rings is 1. The number of carbonyl (C=O) groups is 1. The van der Waals surface area contributed by atoms with Crippen molar-refractivity contribution in [2.45, 2.75) is 6.92 Å². The molecule has 0 aliphatic rings. The van der Waals surface area contributed by atoms with Crippen molar-refractivity contribution in [2.75, 3.05) is 0 Å². The van der Waals surface area contributed by atoms with Gasteiger partial charge < -0.3 is 9.47 Å². The van der Waals surface area contributed by atoms with Gasteiger partial charge in [-0.15, -0.1) is 0 Å². The van der Waals surface area contributed by atoms with Crippen molar-refractivity contribution in [2.24, 2.45) is 0 Å². The first kappa shape index (κ1) is 12.0. The van der Waals surface area contributed by atoms with Crippen LogP contribution < -0.4 is 9.47 Å². The van der Waals surface area contributed by atoms with E-state index in [4.69, 9.17) is 9.47 Å². The van der Waals surface area contributed by atoms with Gasteiger partial charge in [-0.1, -0.05) is 0 Å². The fourth-order valence-electron chi connectivity index (χ4n) is 1.20. The normalized spacial score (nSPS) is 9.89. The van der Waals surface area contributed by atoms with Crippen LogP contribution in [-0.2, 0) is 4.79 Å². The average molecular weight is 248 g/mol. The number of halogens is 1. The number of hydrogen-bond donors (Lipinski definition) is 0. The van der Waals surface area contributed by atoms with Crippen LogP contribution in [0.15, 0.2) is 36.7 Å². The Balaban J connectivity index is 2.23. The Labute approximate surface area is 102 Å². The van der Waals surface area contributed by atoms with Gasteiger partial charge in [-0.05, 0) is 24.3 Å². The van der Waals surface area contributed by atoms with E-state index < -0.39 is 5.97 Å². The molecule has 0 aliphatic carbocycles. The molecular formula is C12H9FN2O3. The Morgan fingerprint density at radius 1 is 1.11 bits per heavy atom. The number of rotatable bonds is 3. The maximum atomic E-state index is 12.7. The molecule has 5 nitrogen and oxygen atoms in total. The van der Waals surface area contributed by atoms with Gasteiger partial charge in [0.15, 0.2) is 0 Å². The molecule has 0 aliphatic heterocycles. The van der Waals surface area contributed by atoms with Crippen LogP contribution in [-0.4, -0.2) is 15.9 Å². The van der Waals surface area contributed by atoms with Gasteiger partial charge in [0.1, 0.15) is 11.6 Å². The molecule has 1 aromatic carbocycles. The van der Waals surface area contributed by atoms with E-state index in [-0.39, 0.29) is 17.6 Å². The summed E-state index contributed by atoms with van der Waals surface area (Å²) in [5.41, 5.74) is 0. The van der Waals surface area contributed by atoms with E-state index in [1.54, 1.807) is 0 Å². The summed E-state index contributed by atoms with van der Waals surface area (Å²) >= 11 is 0. The molecule has 0 radical (unpaired) electrons. The minimum absolute atomic E-state index is 0.0330. The van der Waals surface area contributed by atoms with Crippen molar-refractivity contribution in [3.05, 3.63) is 42.5 Å². The fourth-order valence-corrected chi connectivity index (χ4v) is 1.20. The highest BCUT2D eigenvalue weighted by molar-refractivity contribution is 5.69. The lowest BCUT2D eigenvalue weighted by Crippen LogP contribution is -2.05. The van der Waals surface area contributed by atoms with Crippen LogP contribution >= 0.6 is 0 Å². The van der Waals surface area contributed by atoms with E-state index >= 15 is 0 Å². The van der Waals surface area contributed by atoms with Crippen LogP contribution in [0.5, 0.6) is 17.5 Å². The second kappa shape index (κ2) is 5.22. The molecule has 0 fully saturated rings. The van der Waals surface area contributed by atoms with Gasteiger partial charge in [-0.3, -0.25) is 4.79 Å². The second-order valence-corrected chi connectivity index (χ2v) is 3.32. The summed E-state index contributed by atoms with van der Waals surface area (Å²) in [5, 5.41) is 0. The van der Waals surface area contributed by atoms with Crippen LogP contribution in [0.25, 0.3) is 0 Å². The fraction of sp³-hybridized carbons (Fsp3) is 0.0833. The number of esters is 1. The van der Waals surface area contributed by atoms with E-state index in [0.29, 0.717) is 5.75 Å². The van der Waals surface area contributed by atoms with Gasteiger partial charge in [0, 0.05) is 19.3 Å². The van der Waals surface area contributed by atoms with E-state index in [2.05, 4.69) is 9.97 Å². The van der Waals surface area contributed by atoms with Crippen molar-refractivity contribution in [3.8, 4) is 17.5 Å². The summed E-state index contributed by atoms with van der Waals surface area (Å²) in [6.45, 7) is 1.25. The lowest BCUT2D eigenvalue weighted by atomic mass is 10.3. The van der Waals surface area contributed by atoms with Crippen LogP contribution in [0.1, 0.15) is 6.92 Å². The molecule has 6 heteroatoms. The Hall–Kier alpha value is -2.50. The number of nitrogens with zero attached hydrogens (tertiary/aromatic N) is 2. The Bertz CT molecular complexity index is 558. The molecule has 2 rings (SSSR count). The summed E-state index contributed by atoms with van der Waals surface area (Å²) in [7, 11) is 0. The number of hydrogen-bond acceptors (Lipinski definition) is 5. The molecule has 0 saturated carbocycles. The van der Waals surface area contributed by atoms with E-state index in [1.807, 2.05) is 0 Å². The second-order valence-electron chi connectivity index (χ2n) is 3.32. The summed E-state index contributed by atoms with van der Waals surface area (Å²) in [6, 6.07) is 5.36. The maximum Gasteiger partial charge on any atom is 0.309 e. The van der Waals surface area contributed by atoms with Crippen molar-refractivity contribution in [1.29, 1.82) is 0 Å². The smallest absolute Gasteiger partial charge is 0.309 e. The molecule has 92 valence electrons. The highest BCUT2D eigenvalue weighted by Gasteiger charge is 2.11. The molecule has 0 N–H and O–H groups in total. The molecule has 2 aromatic rings. The molecule has 0 atom stereocenters. The number of ether oxygens (including phenoxy) is 2. The van der Waals surface area contributed by atoms with Crippen molar-refractivity contribution >= 4 is 5.97 Å². The standard InChI is InChI=1S/C12H9FN2O3/c1-8(16)17-11-12(15-7-6-14-11)18-10-4-2-9(13)3-5-10/h2-7H,1H3. The van der Waals surface area contributed by atoms with E-state index in [1.165, 1.54) is 43.6 Å². The first-order valence-corrected chi connectivity index (χ1v) is 5.08. The third-order valence-electron chi connectivity index (χ3n) is 1.90. The van der Waals surface area contributed by atoms with Crippen molar-refractivity contribution < 1.29 is 18.7 Å². The molecule has 0 saturated heterocycles. The van der Waals surface area contributed by atoms with E-state index in [0.717, 1.165) is 0 Å². The van der Waals surface area contributed by atoms with Gasteiger partial charge in [0.05, 0.1) is 0 Å². The van der Waals surface area contributed by atoms with Gasteiger partial charge in [0.2, 0.25) is 0 Å². The molecule has 18 heavy (non-hydrogen) atoms. The summed E-state index contributed by atoms with van der Waals surface area (Å²) in [4.78, 5) is 18.6. The van der Waals surface area contributed by atoms with Gasteiger partial charge in [-0.25, -0.2) is 14.4 Å². The van der Waals surface area contributed by atoms with Crippen molar-refractivity contribution in [3.63, 3.8) is 0 Å². The molecule has 0 spiro atoms. The van der Waals surface area contributed by atoms with Crippen LogP contribution in [0.3, 0.4) is 0 Å². The predicted molar refractivity (Wildman–Crippen MR) is 59.8 cm³/mol. The lowest BCUT2D eigenvalue weighted by molar-refractivity contribution is -0.132. The maximum absolute atomic E-state index is 12.7. The SMILES string of the molecule is CC(=O)Oc1nccnc1Oc1ccc(F)cc1. The average Bonchev–Trinajstić information content (AvgIpc) is 2.34. The molecular weight excluding hydrogens is 239 g/mol. The topological polar surface area (TPSA) is 61.3 Å². The minimum atomic E-state index is -0.528. The zero-order valence-electron chi connectivity index (χ0n) is 9.46. The van der Waals surface area contributed by atoms with Gasteiger partial charge in [-0.2, -0.15) is 0 Å². The zero-order chi connectivity index (χ0) is 13.0. The summed E-state index contributed by atoms with van der Waals surface area (Å²) < 4.78 is 22.9. The minimum Gasteiger partial charge on any atom is -0.435 e. The highest BCUT2D eigenvalue weighted by atomic mass is 19.1. The first-order valence-electron chi connectivity index (χ1n) is 5.08. The van der Waals surface area contributed by atoms with Crippen molar-refractivity contribution in [1.82, 2.24) is 9.97 Å². The van der Waals surface area contributed by atoms with E-state index in [9.17, 15) is 9.18 Å². The van der Waals surface area contributed by atoms with Crippen LogP contribution in [0, 0.1) is 5.82 Å². The Morgan fingerprint density at radius 3 is 2.33 bits per heavy atom. The largest absolute Gasteiger partial charge is 0.435 e. The third-order valence-corrected chi connectivity index (χ3v) is 1.90. The van der Waals surface area contributed by atoms with Gasteiger partial charge >= 0.3 is 5.97 Å². The number of carbonyl (C=O) groups excluding carboxylic acids is 1. The number of aromatic nitrogens is 2. The molecule has 1 aromatic heterocycles. The zero-order valence-corrected chi connectivity index (χ0v) is 9.46. The first-order chi connectivity index (χ1) is 8.65. The molecule has 0 amide bonds. The molecule has 0 unspecified atom stereocenters. The highest BCUT2D eigenvalue weighted by Crippen LogP contribution is 2.26. The molecule has 1 heterocycles. The predicted octanol–water partition coefficient (Wildman–Crippen LogP) is 2.33. The third kappa shape index (κ3) is 3.00. The quantitative estimate of drug-likeness (QED) is 0.780. The summed E-state index contributed by atoms with van der Waals surface area (Å²) in [6.07, 6.45) is 2.77.